The van der Waals surface area contributed by atoms with Gasteiger partial charge in [-0.2, -0.15) is 31.4 Å². The van der Waals surface area contributed by atoms with Gasteiger partial charge in [0.25, 0.3) is 5.91 Å². The van der Waals surface area contributed by atoms with Crippen LogP contribution in [-0.2, 0) is 6.18 Å². The van der Waals surface area contributed by atoms with E-state index in [0.29, 0.717) is 11.3 Å². The topological polar surface area (TPSA) is 130 Å². The lowest BCUT2D eigenvalue weighted by molar-refractivity contribution is -0.137. The fourth-order valence-corrected chi connectivity index (χ4v) is 3.92. The number of halogens is 7. The Balaban J connectivity index is 1.57. The molecule has 2 heterocycles. The van der Waals surface area contributed by atoms with Gasteiger partial charge in [-0.05, 0) is 35.9 Å². The molecule has 39 heavy (non-hydrogen) atoms. The monoisotopic (exact) mass is 573 g/mol. The van der Waals surface area contributed by atoms with E-state index in [1.807, 2.05) is 5.32 Å². The van der Waals surface area contributed by atoms with Crippen LogP contribution in [0.2, 0.25) is 5.02 Å². The third kappa shape index (κ3) is 6.43. The summed E-state index contributed by atoms with van der Waals surface area (Å²) < 4.78 is 78.4. The molecule has 0 saturated carbocycles. The van der Waals surface area contributed by atoms with Gasteiger partial charge in [0.05, 0.1) is 16.1 Å². The number of fused-ring (bicyclic) bond motifs is 1. The molecule has 2 aromatic carbocycles. The van der Waals surface area contributed by atoms with Crippen LogP contribution in [0.3, 0.4) is 0 Å². The number of carbonyl (C=O) groups excluding carboxylic acids is 1. The Kier molecular flexibility index (Phi) is 7.48. The van der Waals surface area contributed by atoms with Crippen LogP contribution in [0.1, 0.15) is 15.9 Å². The number of aliphatic hydroxyl groups excluding tert-OH is 1. The van der Waals surface area contributed by atoms with Crippen molar-refractivity contribution < 1.29 is 36.2 Å². The summed E-state index contributed by atoms with van der Waals surface area (Å²) in [5.41, 5.74) is 5.68. The third-order valence-corrected chi connectivity index (χ3v) is 5.68. The van der Waals surface area contributed by atoms with Crippen LogP contribution in [-0.4, -0.2) is 44.7 Å². The molecular weight excluding hydrogens is 556 g/mol. The Morgan fingerprint density at radius 2 is 1.69 bits per heavy atom. The van der Waals surface area contributed by atoms with Gasteiger partial charge >= 0.3 is 12.4 Å². The summed E-state index contributed by atoms with van der Waals surface area (Å²) in [6.07, 6.45) is -8.51. The maximum absolute atomic E-state index is 13.1. The molecule has 0 fully saturated rings. The zero-order chi connectivity index (χ0) is 28.5. The Bertz CT molecular complexity index is 1510. The van der Waals surface area contributed by atoms with Crippen molar-refractivity contribution in [1.82, 2.24) is 19.9 Å². The van der Waals surface area contributed by atoms with Crippen LogP contribution in [0, 0.1) is 0 Å². The number of benzene rings is 2. The predicted molar refractivity (Wildman–Crippen MR) is 131 cm³/mol. The fraction of sp³-hybridized carbons (Fsp3) is 0.174. The number of alkyl halides is 6. The van der Waals surface area contributed by atoms with Gasteiger partial charge in [0, 0.05) is 23.1 Å². The molecule has 0 aliphatic heterocycles. The first-order valence-electron chi connectivity index (χ1n) is 10.9. The summed E-state index contributed by atoms with van der Waals surface area (Å²) in [7, 11) is 0. The quantitative estimate of drug-likeness (QED) is 0.159. The van der Waals surface area contributed by atoms with Crippen molar-refractivity contribution in [2.75, 3.05) is 22.9 Å². The molecule has 0 radical (unpaired) electrons. The molecule has 4 rings (SSSR count). The highest BCUT2D eigenvalue weighted by atomic mass is 35.5. The molecule has 206 valence electrons. The van der Waals surface area contributed by atoms with Crippen molar-refractivity contribution in [3.63, 3.8) is 0 Å². The van der Waals surface area contributed by atoms with Gasteiger partial charge < -0.3 is 26.8 Å². The Morgan fingerprint density at radius 3 is 2.33 bits per heavy atom. The number of amides is 1. The lowest BCUT2D eigenvalue weighted by atomic mass is 10.0. The molecule has 0 saturated heterocycles. The highest BCUT2D eigenvalue weighted by molar-refractivity contribution is 6.31. The molecule has 1 amide bonds. The number of aliphatic hydroxyl groups is 1. The second-order valence-corrected chi connectivity index (χ2v) is 8.52. The van der Waals surface area contributed by atoms with Crippen molar-refractivity contribution in [3.8, 4) is 11.1 Å². The Hall–Kier alpha value is -4.24. The maximum atomic E-state index is 13.1. The minimum Gasteiger partial charge on any atom is -0.382 e. The molecular formula is C23H18ClF6N7O2. The van der Waals surface area contributed by atoms with E-state index in [4.69, 9.17) is 17.3 Å². The van der Waals surface area contributed by atoms with Gasteiger partial charge in [0.2, 0.25) is 6.35 Å². The third-order valence-electron chi connectivity index (χ3n) is 5.35. The summed E-state index contributed by atoms with van der Waals surface area (Å²) >= 11 is 5.60. The van der Waals surface area contributed by atoms with Gasteiger partial charge in [-0.25, -0.2) is 9.50 Å². The second kappa shape index (κ2) is 10.5. The second-order valence-electron chi connectivity index (χ2n) is 8.12. The molecule has 2 aromatic heterocycles. The average molecular weight is 574 g/mol. The van der Waals surface area contributed by atoms with Crippen LogP contribution in [0.25, 0.3) is 16.6 Å². The standard InChI is InChI=1S/C23H18ClF6N7O2/c24-16-6-5-13(7-15(16)23(28,29)30)36-21(39)35-12-3-1-11(2-4-12)17-14(20(38)32-9-22(25,26)27)8-37-18(17)19(31)33-10-34-37/h1-8,10,21,35-36,39H,9H2,(H,32,38)(H2,31,33,34). The van der Waals surface area contributed by atoms with E-state index < -0.39 is 41.7 Å². The molecule has 16 heteroatoms. The summed E-state index contributed by atoms with van der Waals surface area (Å²) in [4.78, 5) is 16.5. The van der Waals surface area contributed by atoms with E-state index in [1.165, 1.54) is 41.0 Å². The van der Waals surface area contributed by atoms with E-state index in [9.17, 15) is 36.2 Å². The number of carbonyl (C=O) groups is 1. The number of rotatable bonds is 7. The minimum atomic E-state index is -4.69. The number of aromatic nitrogens is 3. The van der Waals surface area contributed by atoms with Crippen LogP contribution < -0.4 is 21.7 Å². The van der Waals surface area contributed by atoms with E-state index >= 15 is 0 Å². The molecule has 6 N–H and O–H groups in total. The Morgan fingerprint density at radius 1 is 1.05 bits per heavy atom. The highest BCUT2D eigenvalue weighted by Gasteiger charge is 2.33. The summed E-state index contributed by atoms with van der Waals surface area (Å²) in [6, 6.07) is 8.93. The highest BCUT2D eigenvalue weighted by Crippen LogP contribution is 2.36. The molecule has 9 nitrogen and oxygen atoms in total. The first kappa shape index (κ1) is 27.8. The number of nitrogens with one attached hydrogen (secondary N) is 3. The van der Waals surface area contributed by atoms with Gasteiger partial charge in [-0.3, -0.25) is 4.79 Å². The van der Waals surface area contributed by atoms with Gasteiger partial charge in [-0.15, -0.1) is 0 Å². The Labute approximate surface area is 220 Å². The van der Waals surface area contributed by atoms with Crippen LogP contribution in [0.15, 0.2) is 55.0 Å². The SMILES string of the molecule is Nc1ncnn2cc(C(=O)NCC(F)(F)F)c(-c3ccc(NC(O)Nc4ccc(Cl)c(C(F)(F)F)c4)cc3)c12. The lowest BCUT2D eigenvalue weighted by Crippen LogP contribution is -2.33. The fourth-order valence-electron chi connectivity index (χ4n) is 3.69. The smallest absolute Gasteiger partial charge is 0.382 e. The van der Waals surface area contributed by atoms with Crippen LogP contribution >= 0.6 is 11.6 Å². The number of nitrogen functional groups attached to an aromatic ring is 1. The molecule has 1 atom stereocenters. The molecule has 0 aliphatic carbocycles. The number of hydrogen-bond donors (Lipinski definition) is 5. The van der Waals surface area contributed by atoms with Gasteiger partial charge in [-0.1, -0.05) is 23.7 Å². The number of nitrogens with two attached hydrogens (primary N) is 1. The number of nitrogens with zero attached hydrogens (tertiary/aromatic N) is 3. The minimum absolute atomic E-state index is 0.0297. The van der Waals surface area contributed by atoms with Crippen LogP contribution in [0.4, 0.5) is 43.5 Å². The first-order chi connectivity index (χ1) is 18.2. The van der Waals surface area contributed by atoms with Crippen molar-refractivity contribution in [3.05, 3.63) is 71.1 Å². The van der Waals surface area contributed by atoms with Crippen molar-refractivity contribution in [2.45, 2.75) is 18.7 Å². The summed E-state index contributed by atoms with van der Waals surface area (Å²) in [5, 5.41) is 20.6. The van der Waals surface area contributed by atoms with E-state index in [0.717, 1.165) is 18.5 Å². The van der Waals surface area contributed by atoms with E-state index in [2.05, 4.69) is 20.7 Å². The first-order valence-corrected chi connectivity index (χ1v) is 11.3. The van der Waals surface area contributed by atoms with Crippen molar-refractivity contribution in [2.24, 2.45) is 0 Å². The summed E-state index contributed by atoms with van der Waals surface area (Å²) in [5.74, 6) is -1.05. The average Bonchev–Trinajstić information content (AvgIpc) is 3.24. The van der Waals surface area contributed by atoms with E-state index in [1.54, 1.807) is 0 Å². The number of anilines is 3. The summed E-state index contributed by atoms with van der Waals surface area (Å²) in [6.45, 7) is -1.55. The molecule has 0 bridgehead atoms. The van der Waals surface area contributed by atoms with Crippen LogP contribution in [0.5, 0.6) is 0 Å². The normalized spacial score (nSPS) is 12.8. The van der Waals surface area contributed by atoms with Crippen molar-refractivity contribution in [1.29, 1.82) is 0 Å². The van der Waals surface area contributed by atoms with E-state index in [-0.39, 0.29) is 28.1 Å². The molecule has 4 aromatic rings. The molecule has 0 spiro atoms. The zero-order valence-corrected chi connectivity index (χ0v) is 20.2. The largest absolute Gasteiger partial charge is 0.417 e. The molecule has 1 unspecified atom stereocenters. The zero-order valence-electron chi connectivity index (χ0n) is 19.4. The van der Waals surface area contributed by atoms with Gasteiger partial charge in [0.1, 0.15) is 18.4 Å². The predicted octanol–water partition coefficient (Wildman–Crippen LogP) is 4.74. The number of hydrogen-bond acceptors (Lipinski definition) is 7. The molecule has 0 aliphatic rings. The lowest BCUT2D eigenvalue weighted by Gasteiger charge is -2.18. The van der Waals surface area contributed by atoms with Crippen molar-refractivity contribution >= 4 is 40.2 Å². The maximum Gasteiger partial charge on any atom is 0.417 e. The van der Waals surface area contributed by atoms with Gasteiger partial charge in [0.15, 0.2) is 5.82 Å².